The lowest BCUT2D eigenvalue weighted by atomic mass is 10.1. The number of hydrogen-bond donors (Lipinski definition) is 2. The summed E-state index contributed by atoms with van der Waals surface area (Å²) in [7, 11) is -1.47. The molecule has 2 aromatic rings. The average molecular weight is 381 g/mol. The van der Waals surface area contributed by atoms with Crippen LogP contribution in [-0.4, -0.2) is 27.5 Å². The van der Waals surface area contributed by atoms with Crippen molar-refractivity contribution >= 4 is 27.5 Å². The van der Waals surface area contributed by atoms with Gasteiger partial charge in [-0.05, 0) is 69.1 Å². The smallest absolute Gasteiger partial charge is 0.232 e. The van der Waals surface area contributed by atoms with Gasteiger partial charge in [0, 0.05) is 22.7 Å². The minimum absolute atomic E-state index is 0.0354. The van der Waals surface area contributed by atoms with E-state index in [-0.39, 0.29) is 5.75 Å². The molecule has 25 heavy (non-hydrogen) atoms. The van der Waals surface area contributed by atoms with Crippen molar-refractivity contribution in [2.75, 3.05) is 23.8 Å². The molecule has 136 valence electrons. The van der Waals surface area contributed by atoms with E-state index < -0.39 is 10.0 Å². The highest BCUT2D eigenvalue weighted by Crippen LogP contribution is 2.31. The minimum Gasteiger partial charge on any atom is -0.457 e. The lowest BCUT2D eigenvalue weighted by Gasteiger charge is -2.14. The summed E-state index contributed by atoms with van der Waals surface area (Å²) >= 11 is 1.70. The van der Waals surface area contributed by atoms with E-state index in [1.165, 1.54) is 4.90 Å². The Bertz CT molecular complexity index is 836. The maximum absolute atomic E-state index is 11.8. The van der Waals surface area contributed by atoms with Crippen molar-refractivity contribution in [3.05, 3.63) is 47.5 Å². The number of nitrogens with one attached hydrogen (secondary N) is 2. The van der Waals surface area contributed by atoms with Crippen molar-refractivity contribution in [1.29, 1.82) is 0 Å². The number of rotatable bonds is 8. The number of sulfonamides is 1. The van der Waals surface area contributed by atoms with Crippen molar-refractivity contribution in [1.82, 2.24) is 5.32 Å². The molecule has 0 radical (unpaired) electrons. The van der Waals surface area contributed by atoms with E-state index in [2.05, 4.69) is 17.0 Å². The van der Waals surface area contributed by atoms with Crippen LogP contribution in [0.1, 0.15) is 18.1 Å². The number of anilines is 1. The summed E-state index contributed by atoms with van der Waals surface area (Å²) in [5.74, 6) is 1.49. The van der Waals surface area contributed by atoms with Gasteiger partial charge in [0.2, 0.25) is 10.0 Å². The van der Waals surface area contributed by atoms with E-state index >= 15 is 0 Å². The quantitative estimate of drug-likeness (QED) is 0.678. The Kier molecular flexibility index (Phi) is 6.75. The molecule has 0 aliphatic heterocycles. The molecule has 0 atom stereocenters. The summed E-state index contributed by atoms with van der Waals surface area (Å²) in [5, 5.41) is 3.08. The molecule has 0 aliphatic rings. The Morgan fingerprint density at radius 3 is 2.52 bits per heavy atom. The Labute approximate surface area is 154 Å². The van der Waals surface area contributed by atoms with Gasteiger partial charge in [0.25, 0.3) is 0 Å². The van der Waals surface area contributed by atoms with Crippen molar-refractivity contribution in [3.8, 4) is 11.5 Å². The first-order valence-corrected chi connectivity index (χ1v) is 10.9. The Morgan fingerprint density at radius 2 is 1.92 bits per heavy atom. The van der Waals surface area contributed by atoms with Crippen molar-refractivity contribution in [2.24, 2.45) is 0 Å². The van der Waals surface area contributed by atoms with Crippen LogP contribution >= 0.6 is 11.8 Å². The molecule has 0 amide bonds. The second kappa shape index (κ2) is 8.60. The molecule has 7 heteroatoms. The van der Waals surface area contributed by atoms with Crippen molar-refractivity contribution in [2.45, 2.75) is 25.3 Å². The van der Waals surface area contributed by atoms with Crippen molar-refractivity contribution in [3.63, 3.8) is 0 Å². The molecule has 0 bridgehead atoms. The zero-order valence-corrected chi connectivity index (χ0v) is 16.6. The maximum Gasteiger partial charge on any atom is 0.232 e. The Hall–Kier alpha value is -1.70. The lowest BCUT2D eigenvalue weighted by molar-refractivity contribution is 0.473. The molecule has 0 spiro atoms. The van der Waals surface area contributed by atoms with E-state index in [0.29, 0.717) is 18.0 Å². The zero-order chi connectivity index (χ0) is 18.4. The first kappa shape index (κ1) is 19.6. The van der Waals surface area contributed by atoms with E-state index in [4.69, 9.17) is 4.74 Å². The number of benzene rings is 2. The molecule has 2 N–H and O–H groups in total. The van der Waals surface area contributed by atoms with Gasteiger partial charge in [0.1, 0.15) is 11.5 Å². The summed E-state index contributed by atoms with van der Waals surface area (Å²) in [6, 6.07) is 11.3. The van der Waals surface area contributed by atoms with Gasteiger partial charge in [-0.25, -0.2) is 8.42 Å². The van der Waals surface area contributed by atoms with Gasteiger partial charge < -0.3 is 10.1 Å². The topological polar surface area (TPSA) is 67.4 Å². The highest BCUT2D eigenvalue weighted by molar-refractivity contribution is 7.98. The van der Waals surface area contributed by atoms with Gasteiger partial charge in [-0.2, -0.15) is 0 Å². The van der Waals surface area contributed by atoms with E-state index in [9.17, 15) is 8.42 Å². The molecular weight excluding hydrogens is 356 g/mol. The maximum atomic E-state index is 11.8. The second-order valence-electron chi connectivity index (χ2n) is 5.59. The normalized spacial score (nSPS) is 11.4. The predicted molar refractivity (Wildman–Crippen MR) is 105 cm³/mol. The SMILES string of the molecule is CCS(=O)(=O)Nc1ccc(Oc2ccc(SC)c(C)c2)c(CNC)c1. The predicted octanol–water partition coefficient (Wildman–Crippen LogP) is 3.99. The molecule has 0 saturated carbocycles. The summed E-state index contributed by atoms with van der Waals surface area (Å²) in [6.07, 6.45) is 2.05. The number of thioether (sulfide) groups is 1. The van der Waals surface area contributed by atoms with E-state index in [0.717, 1.165) is 16.9 Å². The summed E-state index contributed by atoms with van der Waals surface area (Å²) in [6.45, 7) is 4.23. The number of aryl methyl sites for hydroxylation is 1. The van der Waals surface area contributed by atoms with Crippen LogP contribution in [0, 0.1) is 6.92 Å². The summed E-state index contributed by atoms with van der Waals surface area (Å²) in [5.41, 5.74) is 2.58. The van der Waals surface area contributed by atoms with Crippen LogP contribution in [0.2, 0.25) is 0 Å². The lowest BCUT2D eigenvalue weighted by Crippen LogP contribution is -2.15. The third-order valence-electron chi connectivity index (χ3n) is 3.68. The molecule has 0 aliphatic carbocycles. The zero-order valence-electron chi connectivity index (χ0n) is 14.9. The third-order valence-corrected chi connectivity index (χ3v) is 5.88. The van der Waals surface area contributed by atoms with Gasteiger partial charge in [-0.1, -0.05) is 0 Å². The standard InChI is InChI=1S/C18H24N2O3S2/c1-5-25(21,22)20-15-6-8-17(14(11-15)12-19-3)23-16-7-9-18(24-4)13(2)10-16/h6-11,19-20H,5,12H2,1-4H3. The van der Waals surface area contributed by atoms with Crippen LogP contribution < -0.4 is 14.8 Å². The van der Waals surface area contributed by atoms with Crippen LogP contribution in [0.3, 0.4) is 0 Å². The van der Waals surface area contributed by atoms with Crippen LogP contribution in [0.4, 0.5) is 5.69 Å². The molecule has 0 unspecified atom stereocenters. The van der Waals surface area contributed by atoms with Gasteiger partial charge >= 0.3 is 0 Å². The molecule has 0 heterocycles. The van der Waals surface area contributed by atoms with Gasteiger partial charge in [0.05, 0.1) is 5.75 Å². The molecule has 2 rings (SSSR count). The van der Waals surface area contributed by atoms with Crippen LogP contribution in [0.25, 0.3) is 0 Å². The van der Waals surface area contributed by atoms with Crippen LogP contribution in [0.5, 0.6) is 11.5 Å². The van der Waals surface area contributed by atoms with Crippen molar-refractivity contribution < 1.29 is 13.2 Å². The fourth-order valence-electron chi connectivity index (χ4n) is 2.36. The molecule has 0 aromatic heterocycles. The first-order chi connectivity index (χ1) is 11.9. The molecule has 2 aromatic carbocycles. The highest BCUT2D eigenvalue weighted by Gasteiger charge is 2.11. The molecular formula is C18H24N2O3S2. The average Bonchev–Trinajstić information content (AvgIpc) is 2.57. The minimum atomic E-state index is -3.30. The largest absolute Gasteiger partial charge is 0.457 e. The fourth-order valence-corrected chi connectivity index (χ4v) is 3.58. The number of ether oxygens (including phenoxy) is 1. The van der Waals surface area contributed by atoms with Gasteiger partial charge in [-0.15, -0.1) is 11.8 Å². The molecule has 5 nitrogen and oxygen atoms in total. The highest BCUT2D eigenvalue weighted by atomic mass is 32.2. The fraction of sp³-hybridized carbons (Fsp3) is 0.333. The number of hydrogen-bond acceptors (Lipinski definition) is 5. The van der Waals surface area contributed by atoms with E-state index in [1.807, 2.05) is 31.5 Å². The molecule has 0 fully saturated rings. The second-order valence-corrected chi connectivity index (χ2v) is 8.45. The van der Waals surface area contributed by atoms with Crippen LogP contribution in [-0.2, 0) is 16.6 Å². The molecule has 0 saturated heterocycles. The van der Waals surface area contributed by atoms with Gasteiger partial charge in [0.15, 0.2) is 0 Å². The Morgan fingerprint density at radius 1 is 1.16 bits per heavy atom. The first-order valence-electron chi connectivity index (χ1n) is 7.99. The van der Waals surface area contributed by atoms with Gasteiger partial charge in [-0.3, -0.25) is 4.72 Å². The third kappa shape index (κ3) is 5.39. The van der Waals surface area contributed by atoms with E-state index in [1.54, 1.807) is 36.9 Å². The summed E-state index contributed by atoms with van der Waals surface area (Å²) < 4.78 is 32.1. The Balaban J connectivity index is 2.29. The monoisotopic (exact) mass is 380 g/mol. The summed E-state index contributed by atoms with van der Waals surface area (Å²) in [4.78, 5) is 1.21. The van der Waals surface area contributed by atoms with Crippen LogP contribution in [0.15, 0.2) is 41.3 Å².